The molecular weight excluding hydrogens is 224 g/mol. The minimum Gasteiger partial charge on any atom is -0.477 e. The highest BCUT2D eigenvalue weighted by Gasteiger charge is 2.05. The first-order valence-corrected chi connectivity index (χ1v) is 6.96. The Hall–Kier alpha value is -1.09. The van der Waals surface area contributed by atoms with Crippen LogP contribution in [0.2, 0.25) is 0 Å². The van der Waals surface area contributed by atoms with Crippen LogP contribution >= 0.6 is 0 Å². The summed E-state index contributed by atoms with van der Waals surface area (Å²) >= 11 is 0. The van der Waals surface area contributed by atoms with Crippen molar-refractivity contribution in [1.29, 1.82) is 0 Å². The summed E-state index contributed by atoms with van der Waals surface area (Å²) in [5.41, 5.74) is 2.34. The molecule has 0 spiro atoms. The number of rotatable bonds is 8. The van der Waals surface area contributed by atoms with Crippen molar-refractivity contribution in [3.63, 3.8) is 0 Å². The van der Waals surface area contributed by atoms with Gasteiger partial charge in [-0.25, -0.2) is 4.98 Å². The third-order valence-corrected chi connectivity index (χ3v) is 2.96. The molecule has 1 aromatic heterocycles. The molecule has 0 aromatic carbocycles. The summed E-state index contributed by atoms with van der Waals surface area (Å²) in [6.07, 6.45) is 3.35. The van der Waals surface area contributed by atoms with Crippen LogP contribution in [0.15, 0.2) is 12.1 Å². The minimum absolute atomic E-state index is 0.592. The summed E-state index contributed by atoms with van der Waals surface area (Å²) in [4.78, 5) is 4.52. The zero-order chi connectivity index (χ0) is 13.4. The second kappa shape index (κ2) is 8.09. The Balaban J connectivity index is 2.65. The minimum atomic E-state index is 0.592. The van der Waals surface area contributed by atoms with Gasteiger partial charge >= 0.3 is 0 Å². The highest BCUT2D eigenvalue weighted by molar-refractivity contribution is 5.25. The number of aryl methyl sites for hydroxylation is 1. The fourth-order valence-electron chi connectivity index (χ4n) is 1.99. The average molecular weight is 250 g/mol. The van der Waals surface area contributed by atoms with Crippen LogP contribution < -0.4 is 10.1 Å². The number of pyridine rings is 1. The van der Waals surface area contributed by atoms with Crippen LogP contribution in [0.5, 0.6) is 5.88 Å². The normalized spacial score (nSPS) is 12.4. The van der Waals surface area contributed by atoms with E-state index in [1.165, 1.54) is 18.4 Å². The molecule has 0 radical (unpaired) electrons. The topological polar surface area (TPSA) is 34.1 Å². The van der Waals surface area contributed by atoms with Crippen molar-refractivity contribution in [3.05, 3.63) is 23.4 Å². The molecule has 0 aliphatic rings. The predicted molar refractivity (Wildman–Crippen MR) is 75.9 cm³/mol. The van der Waals surface area contributed by atoms with Gasteiger partial charge in [-0.3, -0.25) is 0 Å². The van der Waals surface area contributed by atoms with Crippen molar-refractivity contribution in [2.75, 3.05) is 13.7 Å². The standard InChI is InChI=1S/C15H26N2O/c1-5-7-12(3)11-18-15-9-13(10-16-4)8-14(6-2)17-15/h8-9,12,16H,5-7,10-11H2,1-4H3. The largest absolute Gasteiger partial charge is 0.477 e. The van der Waals surface area contributed by atoms with Crippen molar-refractivity contribution in [1.82, 2.24) is 10.3 Å². The average Bonchev–Trinajstić information content (AvgIpc) is 2.37. The molecule has 1 unspecified atom stereocenters. The van der Waals surface area contributed by atoms with Crippen molar-refractivity contribution >= 4 is 0 Å². The van der Waals surface area contributed by atoms with Crippen LogP contribution in [0.25, 0.3) is 0 Å². The summed E-state index contributed by atoms with van der Waals surface area (Å²) in [7, 11) is 1.95. The maximum Gasteiger partial charge on any atom is 0.213 e. The summed E-state index contributed by atoms with van der Waals surface area (Å²) < 4.78 is 5.81. The maximum atomic E-state index is 5.81. The van der Waals surface area contributed by atoms with Crippen molar-refractivity contribution < 1.29 is 4.74 Å². The highest BCUT2D eigenvalue weighted by atomic mass is 16.5. The van der Waals surface area contributed by atoms with Gasteiger partial charge < -0.3 is 10.1 Å². The smallest absolute Gasteiger partial charge is 0.213 e. The van der Waals surface area contributed by atoms with Gasteiger partial charge in [0.25, 0.3) is 0 Å². The molecule has 1 atom stereocenters. The Labute approximate surface area is 111 Å². The Morgan fingerprint density at radius 1 is 1.33 bits per heavy atom. The molecule has 0 amide bonds. The fourth-order valence-corrected chi connectivity index (χ4v) is 1.99. The van der Waals surface area contributed by atoms with E-state index >= 15 is 0 Å². The van der Waals surface area contributed by atoms with E-state index in [0.717, 1.165) is 31.1 Å². The van der Waals surface area contributed by atoms with E-state index in [2.05, 4.69) is 37.1 Å². The van der Waals surface area contributed by atoms with E-state index in [1.807, 2.05) is 13.1 Å². The van der Waals surface area contributed by atoms with Gasteiger partial charge in [-0.1, -0.05) is 27.2 Å². The molecular formula is C15H26N2O. The van der Waals surface area contributed by atoms with E-state index in [0.29, 0.717) is 5.92 Å². The first-order chi connectivity index (χ1) is 8.69. The molecule has 0 aliphatic carbocycles. The fraction of sp³-hybridized carbons (Fsp3) is 0.667. The lowest BCUT2D eigenvalue weighted by Crippen LogP contribution is -2.11. The van der Waals surface area contributed by atoms with Gasteiger partial charge in [0.1, 0.15) is 0 Å². The molecule has 0 aliphatic heterocycles. The number of nitrogens with one attached hydrogen (secondary N) is 1. The molecule has 0 bridgehead atoms. The Morgan fingerprint density at radius 2 is 2.11 bits per heavy atom. The number of nitrogens with zero attached hydrogens (tertiary/aromatic N) is 1. The van der Waals surface area contributed by atoms with Gasteiger partial charge in [0.05, 0.1) is 6.61 Å². The van der Waals surface area contributed by atoms with Crippen molar-refractivity contribution in [2.45, 2.75) is 46.6 Å². The molecule has 102 valence electrons. The van der Waals surface area contributed by atoms with Gasteiger partial charge in [0.2, 0.25) is 5.88 Å². The van der Waals surface area contributed by atoms with Crippen LogP contribution in [-0.4, -0.2) is 18.6 Å². The van der Waals surface area contributed by atoms with E-state index in [9.17, 15) is 0 Å². The molecule has 1 N–H and O–H groups in total. The van der Waals surface area contributed by atoms with E-state index < -0.39 is 0 Å². The number of hydrogen-bond donors (Lipinski definition) is 1. The Kier molecular flexibility index (Phi) is 6.73. The van der Waals surface area contributed by atoms with Gasteiger partial charge in [-0.05, 0) is 37.4 Å². The molecule has 0 saturated carbocycles. The molecule has 3 heteroatoms. The molecule has 1 aromatic rings. The summed E-state index contributed by atoms with van der Waals surface area (Å²) in [6, 6.07) is 4.17. The quantitative estimate of drug-likeness (QED) is 0.769. The Bertz CT molecular complexity index is 352. The zero-order valence-electron chi connectivity index (χ0n) is 12.1. The molecule has 1 heterocycles. The number of ether oxygens (including phenoxy) is 1. The first kappa shape index (κ1) is 15.0. The third kappa shape index (κ3) is 5.05. The number of aromatic nitrogens is 1. The van der Waals surface area contributed by atoms with Gasteiger partial charge in [0.15, 0.2) is 0 Å². The molecule has 18 heavy (non-hydrogen) atoms. The monoisotopic (exact) mass is 250 g/mol. The van der Waals surface area contributed by atoms with E-state index in [4.69, 9.17) is 4.74 Å². The van der Waals surface area contributed by atoms with Crippen molar-refractivity contribution in [2.24, 2.45) is 5.92 Å². The van der Waals surface area contributed by atoms with Gasteiger partial charge in [-0.15, -0.1) is 0 Å². The third-order valence-electron chi connectivity index (χ3n) is 2.96. The molecule has 0 fully saturated rings. The van der Waals surface area contributed by atoms with Crippen LogP contribution in [0.4, 0.5) is 0 Å². The van der Waals surface area contributed by atoms with Crippen molar-refractivity contribution in [3.8, 4) is 5.88 Å². The van der Waals surface area contributed by atoms with Gasteiger partial charge in [0, 0.05) is 18.3 Å². The molecule has 0 saturated heterocycles. The highest BCUT2D eigenvalue weighted by Crippen LogP contribution is 2.15. The lowest BCUT2D eigenvalue weighted by atomic mass is 10.1. The second-order valence-corrected chi connectivity index (χ2v) is 4.89. The summed E-state index contributed by atoms with van der Waals surface area (Å²) in [6.45, 7) is 8.16. The summed E-state index contributed by atoms with van der Waals surface area (Å²) in [5.74, 6) is 1.36. The van der Waals surface area contributed by atoms with Crippen LogP contribution in [-0.2, 0) is 13.0 Å². The summed E-state index contributed by atoms with van der Waals surface area (Å²) in [5, 5.41) is 3.16. The number of hydrogen-bond acceptors (Lipinski definition) is 3. The van der Waals surface area contributed by atoms with E-state index in [-0.39, 0.29) is 0 Å². The first-order valence-electron chi connectivity index (χ1n) is 6.96. The van der Waals surface area contributed by atoms with E-state index in [1.54, 1.807) is 0 Å². The predicted octanol–water partition coefficient (Wildman–Crippen LogP) is 3.18. The zero-order valence-corrected chi connectivity index (χ0v) is 12.1. The second-order valence-electron chi connectivity index (χ2n) is 4.89. The van der Waals surface area contributed by atoms with Crippen LogP contribution in [0.3, 0.4) is 0 Å². The molecule has 1 rings (SSSR count). The van der Waals surface area contributed by atoms with Crippen LogP contribution in [0, 0.1) is 5.92 Å². The lowest BCUT2D eigenvalue weighted by Gasteiger charge is -2.13. The van der Waals surface area contributed by atoms with Crippen LogP contribution in [0.1, 0.15) is 44.9 Å². The lowest BCUT2D eigenvalue weighted by molar-refractivity contribution is 0.242. The molecule has 3 nitrogen and oxygen atoms in total. The maximum absolute atomic E-state index is 5.81. The van der Waals surface area contributed by atoms with Gasteiger partial charge in [-0.2, -0.15) is 0 Å². The SMILES string of the molecule is CCCC(C)COc1cc(CNC)cc(CC)n1. The Morgan fingerprint density at radius 3 is 2.72 bits per heavy atom.